The van der Waals surface area contributed by atoms with E-state index < -0.39 is 0 Å². The number of benzene rings is 1. The quantitative estimate of drug-likeness (QED) is 0.726. The molecule has 1 aliphatic rings. The average molecular weight is 275 g/mol. The zero-order chi connectivity index (χ0) is 14.4. The van der Waals surface area contributed by atoms with E-state index in [4.69, 9.17) is 4.74 Å². The fourth-order valence-corrected chi connectivity index (χ4v) is 2.08. The predicted octanol–water partition coefficient (Wildman–Crippen LogP) is 3.93. The Kier molecular flexibility index (Phi) is 5.62. The first-order valence-corrected chi connectivity index (χ1v) is 7.92. The van der Waals surface area contributed by atoms with E-state index in [1.54, 1.807) is 0 Å². The van der Waals surface area contributed by atoms with E-state index >= 15 is 0 Å². The molecule has 2 nitrogen and oxygen atoms in total. The van der Waals surface area contributed by atoms with Crippen molar-refractivity contribution in [2.24, 2.45) is 5.41 Å². The zero-order valence-electron chi connectivity index (χ0n) is 13.2. The van der Waals surface area contributed by atoms with Gasteiger partial charge in [0.15, 0.2) is 0 Å². The van der Waals surface area contributed by atoms with Gasteiger partial charge in [-0.1, -0.05) is 45.0 Å². The lowest BCUT2D eigenvalue weighted by Crippen LogP contribution is -2.19. The first-order valence-electron chi connectivity index (χ1n) is 7.92. The summed E-state index contributed by atoms with van der Waals surface area (Å²) in [5.41, 5.74) is 3.05. The number of nitrogens with one attached hydrogen (secondary N) is 1. The van der Waals surface area contributed by atoms with Gasteiger partial charge in [0.05, 0.1) is 6.61 Å². The third-order valence-electron chi connectivity index (χ3n) is 3.71. The molecule has 1 N–H and O–H groups in total. The van der Waals surface area contributed by atoms with Gasteiger partial charge >= 0.3 is 0 Å². The van der Waals surface area contributed by atoms with Gasteiger partial charge in [-0.15, -0.1) is 0 Å². The normalized spacial score (nSPS) is 15.6. The van der Waals surface area contributed by atoms with E-state index in [9.17, 15) is 0 Å². The van der Waals surface area contributed by atoms with Crippen LogP contribution in [0.25, 0.3) is 0 Å². The van der Waals surface area contributed by atoms with Gasteiger partial charge in [0.2, 0.25) is 0 Å². The molecule has 2 rings (SSSR count). The molecule has 0 radical (unpaired) electrons. The second kappa shape index (κ2) is 7.24. The molecule has 0 aliphatic heterocycles. The first kappa shape index (κ1) is 15.5. The minimum Gasteiger partial charge on any atom is -0.377 e. The Balaban J connectivity index is 1.62. The molecule has 0 bridgehead atoms. The maximum absolute atomic E-state index is 5.74. The Bertz CT molecular complexity index is 387. The van der Waals surface area contributed by atoms with Crippen molar-refractivity contribution in [1.29, 1.82) is 0 Å². The van der Waals surface area contributed by atoms with Crippen LogP contribution in [0, 0.1) is 5.41 Å². The third-order valence-corrected chi connectivity index (χ3v) is 3.71. The van der Waals surface area contributed by atoms with Crippen molar-refractivity contribution >= 4 is 0 Å². The molecule has 1 saturated carbocycles. The molecule has 2 heteroatoms. The molecule has 1 aliphatic carbocycles. The number of hydrogen-bond donors (Lipinski definition) is 1. The van der Waals surface area contributed by atoms with Gasteiger partial charge in [0.1, 0.15) is 0 Å². The highest BCUT2D eigenvalue weighted by Gasteiger charge is 2.19. The van der Waals surface area contributed by atoms with Crippen LogP contribution in [-0.4, -0.2) is 19.2 Å². The lowest BCUT2D eigenvalue weighted by Gasteiger charge is -2.17. The van der Waals surface area contributed by atoms with Gasteiger partial charge in [-0.2, -0.15) is 0 Å². The van der Waals surface area contributed by atoms with Crippen LogP contribution in [0.5, 0.6) is 0 Å². The van der Waals surface area contributed by atoms with Gasteiger partial charge in [0.25, 0.3) is 0 Å². The zero-order valence-corrected chi connectivity index (χ0v) is 13.2. The molecule has 0 spiro atoms. The second-order valence-electron chi connectivity index (χ2n) is 7.16. The van der Waals surface area contributed by atoms with Crippen LogP contribution in [0.4, 0.5) is 0 Å². The Hall–Kier alpha value is -0.860. The molecule has 1 aromatic carbocycles. The molecule has 20 heavy (non-hydrogen) atoms. The monoisotopic (exact) mass is 275 g/mol. The summed E-state index contributed by atoms with van der Waals surface area (Å²) in [7, 11) is 0. The van der Waals surface area contributed by atoms with E-state index in [1.807, 2.05) is 0 Å². The lowest BCUT2D eigenvalue weighted by atomic mass is 9.93. The van der Waals surface area contributed by atoms with E-state index in [-0.39, 0.29) is 0 Å². The molecule has 0 atom stereocenters. The van der Waals surface area contributed by atoms with Crippen LogP contribution in [0.15, 0.2) is 24.3 Å². The standard InChI is InChI=1S/C18H29NO/c1-18(2,3)11-13-20-14-16-6-4-15(5-7-16)10-12-19-17-8-9-17/h4-7,17,19H,8-14H2,1-3H3. The van der Waals surface area contributed by atoms with E-state index in [1.165, 1.54) is 24.0 Å². The van der Waals surface area contributed by atoms with Gasteiger partial charge in [-0.05, 0) is 48.8 Å². The average Bonchev–Trinajstić information content (AvgIpc) is 3.19. The Morgan fingerprint density at radius 3 is 2.35 bits per heavy atom. The summed E-state index contributed by atoms with van der Waals surface area (Å²) in [6.07, 6.45) is 4.97. The molecule has 0 amide bonds. The SMILES string of the molecule is CC(C)(C)CCOCc1ccc(CCNC2CC2)cc1. The fraction of sp³-hybridized carbons (Fsp3) is 0.667. The summed E-state index contributed by atoms with van der Waals surface area (Å²) in [5.74, 6) is 0. The molecule has 0 heterocycles. The highest BCUT2D eigenvalue weighted by Crippen LogP contribution is 2.19. The van der Waals surface area contributed by atoms with Crippen LogP contribution in [-0.2, 0) is 17.8 Å². The highest BCUT2D eigenvalue weighted by molar-refractivity contribution is 5.22. The van der Waals surface area contributed by atoms with Crippen LogP contribution in [0.3, 0.4) is 0 Å². The van der Waals surface area contributed by atoms with Crippen molar-refractivity contribution in [3.05, 3.63) is 35.4 Å². The van der Waals surface area contributed by atoms with Gasteiger partial charge in [-0.25, -0.2) is 0 Å². The van der Waals surface area contributed by atoms with Crippen LogP contribution >= 0.6 is 0 Å². The summed E-state index contributed by atoms with van der Waals surface area (Å²) in [6.45, 7) is 9.43. The summed E-state index contributed by atoms with van der Waals surface area (Å²) >= 11 is 0. The molecule has 0 saturated heterocycles. The van der Waals surface area contributed by atoms with Crippen LogP contribution < -0.4 is 5.32 Å². The third kappa shape index (κ3) is 6.53. The van der Waals surface area contributed by atoms with Crippen LogP contribution in [0.1, 0.15) is 51.2 Å². The topological polar surface area (TPSA) is 21.3 Å². The molecular weight excluding hydrogens is 246 g/mol. The number of ether oxygens (including phenoxy) is 1. The molecule has 1 fully saturated rings. The smallest absolute Gasteiger partial charge is 0.0716 e. The van der Waals surface area contributed by atoms with Gasteiger partial charge in [-0.3, -0.25) is 0 Å². The minimum atomic E-state index is 0.360. The van der Waals surface area contributed by atoms with E-state index in [0.717, 1.165) is 38.6 Å². The van der Waals surface area contributed by atoms with E-state index in [2.05, 4.69) is 50.4 Å². The fourth-order valence-electron chi connectivity index (χ4n) is 2.08. The van der Waals surface area contributed by atoms with Gasteiger partial charge in [0, 0.05) is 12.6 Å². The highest BCUT2D eigenvalue weighted by atomic mass is 16.5. The van der Waals surface area contributed by atoms with Crippen molar-refractivity contribution in [2.45, 2.75) is 59.1 Å². The second-order valence-corrected chi connectivity index (χ2v) is 7.16. The minimum absolute atomic E-state index is 0.360. The molecule has 1 aromatic rings. The maximum Gasteiger partial charge on any atom is 0.0716 e. The van der Waals surface area contributed by atoms with Crippen LogP contribution in [0.2, 0.25) is 0 Å². The maximum atomic E-state index is 5.74. The predicted molar refractivity (Wildman–Crippen MR) is 84.9 cm³/mol. The van der Waals surface area contributed by atoms with Crippen molar-refractivity contribution in [3.8, 4) is 0 Å². The van der Waals surface area contributed by atoms with Crippen molar-refractivity contribution in [2.75, 3.05) is 13.2 Å². The summed E-state index contributed by atoms with van der Waals surface area (Å²) < 4.78 is 5.74. The lowest BCUT2D eigenvalue weighted by molar-refractivity contribution is 0.0962. The molecule has 112 valence electrons. The first-order chi connectivity index (χ1) is 9.53. The van der Waals surface area contributed by atoms with Crippen molar-refractivity contribution in [3.63, 3.8) is 0 Å². The Morgan fingerprint density at radius 2 is 1.75 bits per heavy atom. The van der Waals surface area contributed by atoms with Gasteiger partial charge < -0.3 is 10.1 Å². The Morgan fingerprint density at radius 1 is 1.10 bits per heavy atom. The number of hydrogen-bond acceptors (Lipinski definition) is 2. The molecule has 0 aromatic heterocycles. The van der Waals surface area contributed by atoms with Crippen molar-refractivity contribution in [1.82, 2.24) is 5.32 Å². The summed E-state index contributed by atoms with van der Waals surface area (Å²) in [6, 6.07) is 9.67. The summed E-state index contributed by atoms with van der Waals surface area (Å²) in [5, 5.41) is 3.55. The Labute approximate surface area is 123 Å². The van der Waals surface area contributed by atoms with Crippen molar-refractivity contribution < 1.29 is 4.74 Å². The molecule has 0 unspecified atom stereocenters. The molecular formula is C18H29NO. The summed E-state index contributed by atoms with van der Waals surface area (Å²) in [4.78, 5) is 0. The largest absolute Gasteiger partial charge is 0.377 e. The van der Waals surface area contributed by atoms with E-state index in [0.29, 0.717) is 5.41 Å². The number of rotatable bonds is 8.